The third-order valence-corrected chi connectivity index (χ3v) is 9.90. The molecule has 306 valence electrons. The molecule has 1 aliphatic rings. The third kappa shape index (κ3) is 25.5. The summed E-state index contributed by atoms with van der Waals surface area (Å²) in [5.74, 6) is -0.802. The lowest BCUT2D eigenvalue weighted by atomic mass is 9.99. The standard InChI is InChI=1S/C42H78O10/c1-3-5-7-9-11-13-15-17-18-19-21-22-24-26-28-30-37(44)49-33-35(34-50-42-41(48)40(47)39(46)36(32-43)52-42)51-38(45)31-29-27-25-23-20-16-14-12-10-8-6-4-2/h9,11,35-36,39-43,46-48H,3-8,10,12-34H2,1-2H3/b11-9+/t35-,36-,39+,40?,41?,42-/m0/s1. The molecule has 10 heteroatoms. The molecular weight excluding hydrogens is 664 g/mol. The Labute approximate surface area is 316 Å². The number of aliphatic hydroxyl groups is 4. The summed E-state index contributed by atoms with van der Waals surface area (Å²) in [4.78, 5) is 25.2. The molecule has 10 nitrogen and oxygen atoms in total. The van der Waals surface area contributed by atoms with Gasteiger partial charge in [0.15, 0.2) is 12.4 Å². The van der Waals surface area contributed by atoms with E-state index in [9.17, 15) is 30.0 Å². The van der Waals surface area contributed by atoms with Crippen molar-refractivity contribution in [2.24, 2.45) is 0 Å². The fourth-order valence-electron chi connectivity index (χ4n) is 6.46. The van der Waals surface area contributed by atoms with Gasteiger partial charge in [-0.1, -0.05) is 154 Å². The molecule has 0 aromatic carbocycles. The summed E-state index contributed by atoms with van der Waals surface area (Å²) in [6, 6.07) is 0. The maximum atomic E-state index is 12.7. The fourth-order valence-corrected chi connectivity index (χ4v) is 6.46. The number of ether oxygens (including phenoxy) is 4. The van der Waals surface area contributed by atoms with Crippen molar-refractivity contribution in [3.8, 4) is 0 Å². The van der Waals surface area contributed by atoms with E-state index >= 15 is 0 Å². The van der Waals surface area contributed by atoms with Crippen molar-refractivity contribution in [2.75, 3.05) is 19.8 Å². The summed E-state index contributed by atoms with van der Waals surface area (Å²) in [6.45, 7) is 3.39. The Morgan fingerprint density at radius 1 is 0.577 bits per heavy atom. The largest absolute Gasteiger partial charge is 0.462 e. The molecule has 1 heterocycles. The first-order valence-corrected chi connectivity index (χ1v) is 21.3. The molecule has 1 rings (SSSR count). The number of carbonyl (C=O) groups excluding carboxylic acids is 2. The summed E-state index contributed by atoms with van der Waals surface area (Å²) < 4.78 is 22.1. The van der Waals surface area contributed by atoms with E-state index in [2.05, 4.69) is 26.0 Å². The number of esters is 2. The number of hydrogen-bond donors (Lipinski definition) is 4. The highest BCUT2D eigenvalue weighted by molar-refractivity contribution is 5.70. The molecule has 4 N–H and O–H groups in total. The van der Waals surface area contributed by atoms with Crippen LogP contribution in [0.3, 0.4) is 0 Å². The fraction of sp³-hybridized carbons (Fsp3) is 0.905. The molecule has 1 fully saturated rings. The highest BCUT2D eigenvalue weighted by Gasteiger charge is 2.44. The van der Waals surface area contributed by atoms with Crippen LogP contribution >= 0.6 is 0 Å². The van der Waals surface area contributed by atoms with Gasteiger partial charge in [0.05, 0.1) is 13.2 Å². The average Bonchev–Trinajstić information content (AvgIpc) is 3.14. The molecular formula is C42H78O10. The Morgan fingerprint density at radius 2 is 1.04 bits per heavy atom. The van der Waals surface area contributed by atoms with Crippen LogP contribution in [0.4, 0.5) is 0 Å². The second-order valence-electron chi connectivity index (χ2n) is 14.8. The molecule has 1 aliphatic heterocycles. The Balaban J connectivity index is 2.34. The lowest BCUT2D eigenvalue weighted by Gasteiger charge is -2.39. The lowest BCUT2D eigenvalue weighted by molar-refractivity contribution is -0.305. The van der Waals surface area contributed by atoms with Gasteiger partial charge in [-0.3, -0.25) is 9.59 Å². The van der Waals surface area contributed by atoms with Crippen molar-refractivity contribution >= 4 is 11.9 Å². The molecule has 0 aliphatic carbocycles. The van der Waals surface area contributed by atoms with Gasteiger partial charge in [-0.15, -0.1) is 0 Å². The topological polar surface area (TPSA) is 152 Å². The predicted octanol–water partition coefficient (Wildman–Crippen LogP) is 8.39. The maximum absolute atomic E-state index is 12.7. The molecule has 0 saturated carbocycles. The summed E-state index contributed by atoms with van der Waals surface area (Å²) in [5.41, 5.74) is 0. The van der Waals surface area contributed by atoms with Gasteiger partial charge < -0.3 is 39.4 Å². The maximum Gasteiger partial charge on any atom is 0.306 e. The minimum absolute atomic E-state index is 0.213. The van der Waals surface area contributed by atoms with E-state index in [4.69, 9.17) is 18.9 Å². The Kier molecular flexibility index (Phi) is 31.7. The van der Waals surface area contributed by atoms with Crippen LogP contribution in [0, 0.1) is 0 Å². The highest BCUT2D eigenvalue weighted by atomic mass is 16.7. The van der Waals surface area contributed by atoms with Gasteiger partial charge in [-0.25, -0.2) is 0 Å². The van der Waals surface area contributed by atoms with E-state index in [0.717, 1.165) is 38.5 Å². The molecule has 1 saturated heterocycles. The zero-order valence-electron chi connectivity index (χ0n) is 33.1. The Morgan fingerprint density at radius 3 is 1.56 bits per heavy atom. The summed E-state index contributed by atoms with van der Waals surface area (Å²) in [5, 5.41) is 40.0. The molecule has 0 bridgehead atoms. The first-order valence-electron chi connectivity index (χ1n) is 21.3. The van der Waals surface area contributed by atoms with Crippen LogP contribution in [0.2, 0.25) is 0 Å². The van der Waals surface area contributed by atoms with E-state index in [-0.39, 0.29) is 32.0 Å². The summed E-state index contributed by atoms with van der Waals surface area (Å²) in [6.07, 6.45) is 26.4. The lowest BCUT2D eigenvalue weighted by Crippen LogP contribution is -2.59. The average molecular weight is 743 g/mol. The van der Waals surface area contributed by atoms with Crippen molar-refractivity contribution in [3.05, 3.63) is 12.2 Å². The Hall–Kier alpha value is -1.56. The first-order chi connectivity index (χ1) is 25.3. The number of allylic oxidation sites excluding steroid dienone is 2. The number of rotatable bonds is 35. The SMILES string of the molecule is CCCC/C=C/CCCCCCCCCCCC(=O)OC[C@@H](CO[C@H]1O[C@@H](CO)[C@@H](O)C(O)C1O)OC(=O)CCCCCCCCCCCCCC. The number of unbranched alkanes of at least 4 members (excludes halogenated alkanes) is 22. The van der Waals surface area contributed by atoms with Crippen LogP contribution in [0.15, 0.2) is 12.2 Å². The molecule has 6 atom stereocenters. The van der Waals surface area contributed by atoms with Crippen LogP contribution < -0.4 is 0 Å². The second kappa shape index (κ2) is 34.0. The van der Waals surface area contributed by atoms with Gasteiger partial charge in [0, 0.05) is 12.8 Å². The Bertz CT molecular complexity index is 866. The quantitative estimate of drug-likeness (QED) is 0.0283. The van der Waals surface area contributed by atoms with Crippen molar-refractivity contribution < 1.29 is 49.0 Å². The monoisotopic (exact) mass is 743 g/mol. The highest BCUT2D eigenvalue weighted by Crippen LogP contribution is 2.23. The van der Waals surface area contributed by atoms with E-state index in [1.807, 2.05) is 0 Å². The van der Waals surface area contributed by atoms with Gasteiger partial charge >= 0.3 is 11.9 Å². The van der Waals surface area contributed by atoms with E-state index in [1.165, 1.54) is 116 Å². The predicted molar refractivity (Wildman–Crippen MR) is 206 cm³/mol. The minimum Gasteiger partial charge on any atom is -0.462 e. The molecule has 0 amide bonds. The van der Waals surface area contributed by atoms with Crippen molar-refractivity contribution in [1.29, 1.82) is 0 Å². The van der Waals surface area contributed by atoms with Gasteiger partial charge in [-0.2, -0.15) is 0 Å². The summed E-state index contributed by atoms with van der Waals surface area (Å²) in [7, 11) is 0. The third-order valence-electron chi connectivity index (χ3n) is 9.90. The molecule has 0 radical (unpaired) electrons. The first kappa shape index (κ1) is 48.5. The van der Waals surface area contributed by atoms with Crippen molar-refractivity contribution in [3.63, 3.8) is 0 Å². The number of hydrogen-bond acceptors (Lipinski definition) is 10. The smallest absolute Gasteiger partial charge is 0.306 e. The van der Waals surface area contributed by atoms with Gasteiger partial charge in [0.1, 0.15) is 31.0 Å². The van der Waals surface area contributed by atoms with Gasteiger partial charge in [-0.05, 0) is 32.1 Å². The van der Waals surface area contributed by atoms with Crippen LogP contribution in [0.1, 0.15) is 187 Å². The number of carbonyl (C=O) groups is 2. The van der Waals surface area contributed by atoms with Gasteiger partial charge in [0.25, 0.3) is 0 Å². The van der Waals surface area contributed by atoms with Crippen molar-refractivity contribution in [1.82, 2.24) is 0 Å². The molecule has 52 heavy (non-hydrogen) atoms. The minimum atomic E-state index is -1.59. The molecule has 0 spiro atoms. The van der Waals surface area contributed by atoms with Crippen LogP contribution in [0.5, 0.6) is 0 Å². The van der Waals surface area contributed by atoms with Crippen molar-refractivity contribution in [2.45, 2.75) is 224 Å². The van der Waals surface area contributed by atoms with E-state index in [0.29, 0.717) is 6.42 Å². The molecule has 0 aromatic rings. The number of aliphatic hydroxyl groups excluding tert-OH is 4. The van der Waals surface area contributed by atoms with Gasteiger partial charge in [0.2, 0.25) is 0 Å². The van der Waals surface area contributed by atoms with Crippen LogP contribution in [-0.4, -0.2) is 89.0 Å². The normalized spacial score (nSPS) is 21.1. The van der Waals surface area contributed by atoms with Crippen LogP contribution in [-0.2, 0) is 28.5 Å². The van der Waals surface area contributed by atoms with E-state index < -0.39 is 49.4 Å². The van der Waals surface area contributed by atoms with Crippen LogP contribution in [0.25, 0.3) is 0 Å². The molecule has 0 aromatic heterocycles. The molecule has 2 unspecified atom stereocenters. The zero-order chi connectivity index (χ0) is 38.1. The summed E-state index contributed by atoms with van der Waals surface area (Å²) >= 11 is 0. The van der Waals surface area contributed by atoms with E-state index in [1.54, 1.807) is 0 Å². The second-order valence-corrected chi connectivity index (χ2v) is 14.8. The zero-order valence-corrected chi connectivity index (χ0v) is 33.1.